The summed E-state index contributed by atoms with van der Waals surface area (Å²) in [7, 11) is 0. The molecule has 0 aromatic heterocycles. The molecule has 1 saturated carbocycles. The van der Waals surface area contributed by atoms with Crippen molar-refractivity contribution in [3.63, 3.8) is 0 Å². The van der Waals surface area contributed by atoms with E-state index in [1.165, 1.54) is 6.07 Å². The number of anilines is 1. The van der Waals surface area contributed by atoms with E-state index in [0.29, 0.717) is 0 Å². The van der Waals surface area contributed by atoms with Gasteiger partial charge in [-0.3, -0.25) is 25.0 Å². The average Bonchev–Trinajstić information content (AvgIpc) is 2.48. The highest BCUT2D eigenvalue weighted by Gasteiger charge is 2.25. The Labute approximate surface area is 120 Å². The van der Waals surface area contributed by atoms with Crippen LogP contribution in [0.4, 0.5) is 17.1 Å². The van der Waals surface area contributed by atoms with Crippen molar-refractivity contribution in [3.05, 3.63) is 38.4 Å². The normalized spacial score (nSPS) is 15.4. The van der Waals surface area contributed by atoms with Crippen LogP contribution in [0.15, 0.2) is 18.2 Å². The first-order chi connectivity index (χ1) is 9.99. The van der Waals surface area contributed by atoms with Crippen molar-refractivity contribution in [1.29, 1.82) is 0 Å². The number of nitro groups is 2. The molecular weight excluding hydrogens is 278 g/mol. The summed E-state index contributed by atoms with van der Waals surface area (Å²) in [6.45, 7) is 0. The van der Waals surface area contributed by atoms with Gasteiger partial charge in [0.25, 0.3) is 11.4 Å². The predicted molar refractivity (Wildman–Crippen MR) is 75.0 cm³/mol. The van der Waals surface area contributed by atoms with Crippen molar-refractivity contribution in [2.75, 3.05) is 5.32 Å². The van der Waals surface area contributed by atoms with Crippen molar-refractivity contribution in [1.82, 2.24) is 0 Å². The Bertz CT molecular complexity index is 581. The van der Waals surface area contributed by atoms with Crippen LogP contribution in [0.3, 0.4) is 0 Å². The van der Waals surface area contributed by atoms with Crippen LogP contribution in [0.25, 0.3) is 0 Å². The topological polar surface area (TPSA) is 115 Å². The lowest BCUT2D eigenvalue weighted by Gasteiger charge is -2.20. The van der Waals surface area contributed by atoms with Gasteiger partial charge in [0.2, 0.25) is 5.91 Å². The number of nitrogens with one attached hydrogen (secondary N) is 1. The summed E-state index contributed by atoms with van der Waals surface area (Å²) in [4.78, 5) is 32.3. The molecule has 0 aliphatic heterocycles. The number of carbonyl (C=O) groups excluding carboxylic acids is 1. The van der Waals surface area contributed by atoms with E-state index in [9.17, 15) is 25.0 Å². The van der Waals surface area contributed by atoms with Crippen LogP contribution in [0.5, 0.6) is 0 Å². The second kappa shape index (κ2) is 6.29. The Morgan fingerprint density at radius 2 is 1.76 bits per heavy atom. The Morgan fingerprint density at radius 3 is 2.33 bits per heavy atom. The van der Waals surface area contributed by atoms with E-state index >= 15 is 0 Å². The van der Waals surface area contributed by atoms with Crippen LogP contribution in [0, 0.1) is 26.1 Å². The molecule has 0 atom stereocenters. The molecular formula is C13H15N3O5. The van der Waals surface area contributed by atoms with Crippen LogP contribution in [-0.4, -0.2) is 15.8 Å². The molecule has 0 unspecified atom stereocenters. The van der Waals surface area contributed by atoms with Crippen molar-refractivity contribution < 1.29 is 14.6 Å². The van der Waals surface area contributed by atoms with Gasteiger partial charge in [0.05, 0.1) is 15.9 Å². The van der Waals surface area contributed by atoms with Gasteiger partial charge in [-0.2, -0.15) is 0 Å². The first-order valence-electron chi connectivity index (χ1n) is 6.72. The molecule has 0 spiro atoms. The Hall–Kier alpha value is -2.51. The lowest BCUT2D eigenvalue weighted by atomic mass is 9.88. The summed E-state index contributed by atoms with van der Waals surface area (Å²) in [5.41, 5.74) is -0.841. The number of nitro benzene ring substituents is 2. The Balaban J connectivity index is 2.20. The van der Waals surface area contributed by atoms with Crippen molar-refractivity contribution in [2.45, 2.75) is 32.1 Å². The van der Waals surface area contributed by atoms with Crippen LogP contribution in [0.1, 0.15) is 32.1 Å². The van der Waals surface area contributed by atoms with Gasteiger partial charge < -0.3 is 5.32 Å². The minimum Gasteiger partial charge on any atom is -0.320 e. The number of amides is 1. The minimum atomic E-state index is -0.733. The number of nitrogens with zero attached hydrogens (tertiary/aromatic N) is 2. The Kier molecular flexibility index (Phi) is 4.46. The Morgan fingerprint density at radius 1 is 1.10 bits per heavy atom. The molecule has 1 fully saturated rings. The lowest BCUT2D eigenvalue weighted by Crippen LogP contribution is -2.25. The highest BCUT2D eigenvalue weighted by Crippen LogP contribution is 2.31. The SMILES string of the molecule is O=C(Nc1ccc([N+](=O)[O-])cc1[N+](=O)[O-])C1CCCCC1. The van der Waals surface area contributed by atoms with E-state index in [1.54, 1.807) is 0 Å². The van der Waals surface area contributed by atoms with Gasteiger partial charge in [-0.1, -0.05) is 19.3 Å². The molecule has 0 heterocycles. The van der Waals surface area contributed by atoms with E-state index in [0.717, 1.165) is 44.2 Å². The molecule has 1 aromatic rings. The van der Waals surface area contributed by atoms with Gasteiger partial charge in [-0.05, 0) is 18.9 Å². The maximum Gasteiger partial charge on any atom is 0.299 e. The summed E-state index contributed by atoms with van der Waals surface area (Å²) in [5.74, 6) is -0.403. The quantitative estimate of drug-likeness (QED) is 0.676. The fraction of sp³-hybridized carbons (Fsp3) is 0.462. The summed E-state index contributed by atoms with van der Waals surface area (Å²) in [5, 5.41) is 24.2. The zero-order valence-corrected chi connectivity index (χ0v) is 11.3. The molecule has 8 heteroatoms. The predicted octanol–water partition coefficient (Wildman–Crippen LogP) is 3.02. The van der Waals surface area contributed by atoms with E-state index in [-0.39, 0.29) is 23.2 Å². The third kappa shape index (κ3) is 3.53. The molecule has 1 aliphatic carbocycles. The van der Waals surface area contributed by atoms with Gasteiger partial charge in [0, 0.05) is 12.0 Å². The molecule has 1 amide bonds. The van der Waals surface area contributed by atoms with Crippen LogP contribution >= 0.6 is 0 Å². The van der Waals surface area contributed by atoms with Gasteiger partial charge in [-0.25, -0.2) is 0 Å². The first-order valence-corrected chi connectivity index (χ1v) is 6.72. The highest BCUT2D eigenvalue weighted by molar-refractivity contribution is 5.95. The third-order valence-corrected chi connectivity index (χ3v) is 3.62. The minimum absolute atomic E-state index is 0.00109. The van der Waals surface area contributed by atoms with Gasteiger partial charge in [-0.15, -0.1) is 0 Å². The number of benzene rings is 1. The molecule has 1 aliphatic rings. The first kappa shape index (κ1) is 14.9. The smallest absolute Gasteiger partial charge is 0.299 e. The summed E-state index contributed by atoms with van der Waals surface area (Å²) < 4.78 is 0. The fourth-order valence-corrected chi connectivity index (χ4v) is 2.49. The van der Waals surface area contributed by atoms with Crippen LogP contribution in [0.2, 0.25) is 0 Å². The highest BCUT2D eigenvalue weighted by atomic mass is 16.6. The molecule has 8 nitrogen and oxygen atoms in total. The number of hydrogen-bond donors (Lipinski definition) is 1. The maximum absolute atomic E-state index is 12.1. The lowest BCUT2D eigenvalue weighted by molar-refractivity contribution is -0.393. The molecule has 21 heavy (non-hydrogen) atoms. The van der Waals surface area contributed by atoms with Crippen molar-refractivity contribution >= 4 is 23.0 Å². The summed E-state index contributed by atoms with van der Waals surface area (Å²) in [6, 6.07) is 3.21. The van der Waals surface area contributed by atoms with E-state index in [2.05, 4.69) is 5.32 Å². The van der Waals surface area contributed by atoms with Crippen molar-refractivity contribution in [2.24, 2.45) is 5.92 Å². The molecule has 1 N–H and O–H groups in total. The second-order valence-electron chi connectivity index (χ2n) is 5.04. The average molecular weight is 293 g/mol. The third-order valence-electron chi connectivity index (χ3n) is 3.62. The molecule has 2 rings (SSSR count). The van der Waals surface area contributed by atoms with Gasteiger partial charge >= 0.3 is 0 Å². The molecule has 0 radical (unpaired) electrons. The number of non-ortho nitro benzene ring substituents is 1. The largest absolute Gasteiger partial charge is 0.320 e. The summed E-state index contributed by atoms with van der Waals surface area (Å²) in [6.07, 6.45) is 4.58. The standard InChI is InChI=1S/C13H15N3O5/c17-13(9-4-2-1-3-5-9)14-11-7-6-10(15(18)19)8-12(11)16(20)21/h6-9H,1-5H2,(H,14,17). The van der Waals surface area contributed by atoms with Gasteiger partial charge in [0.1, 0.15) is 5.69 Å². The molecule has 0 saturated heterocycles. The molecule has 1 aromatic carbocycles. The zero-order valence-electron chi connectivity index (χ0n) is 11.3. The van der Waals surface area contributed by atoms with Crippen molar-refractivity contribution in [3.8, 4) is 0 Å². The monoisotopic (exact) mass is 293 g/mol. The second-order valence-corrected chi connectivity index (χ2v) is 5.04. The number of carbonyl (C=O) groups is 1. The summed E-state index contributed by atoms with van der Waals surface area (Å²) >= 11 is 0. The van der Waals surface area contributed by atoms with Gasteiger partial charge in [0.15, 0.2) is 0 Å². The fourth-order valence-electron chi connectivity index (χ4n) is 2.49. The van der Waals surface area contributed by atoms with E-state index < -0.39 is 15.5 Å². The van der Waals surface area contributed by atoms with Crippen LogP contribution in [-0.2, 0) is 4.79 Å². The molecule has 112 valence electrons. The molecule has 0 bridgehead atoms. The maximum atomic E-state index is 12.1. The van der Waals surface area contributed by atoms with E-state index in [4.69, 9.17) is 0 Å². The zero-order chi connectivity index (χ0) is 15.4. The van der Waals surface area contributed by atoms with E-state index in [1.807, 2.05) is 0 Å². The van der Waals surface area contributed by atoms with Crippen LogP contribution < -0.4 is 5.32 Å². The number of hydrogen-bond acceptors (Lipinski definition) is 5. The number of rotatable bonds is 4.